The lowest BCUT2D eigenvalue weighted by atomic mass is 10.1. The molecule has 3 nitrogen and oxygen atoms in total. The summed E-state index contributed by atoms with van der Waals surface area (Å²) in [7, 11) is 0. The zero-order chi connectivity index (χ0) is 14.9. The fourth-order valence-corrected chi connectivity index (χ4v) is 3.72. The summed E-state index contributed by atoms with van der Waals surface area (Å²) in [4.78, 5) is 1.26. The minimum Gasteiger partial charge on any atom is -0.370 e. The van der Waals surface area contributed by atoms with Crippen LogP contribution in [-0.4, -0.2) is 16.3 Å². The minimum atomic E-state index is 1.02. The Kier molecular flexibility index (Phi) is 3.47. The van der Waals surface area contributed by atoms with Crippen LogP contribution in [0.1, 0.15) is 24.0 Å². The van der Waals surface area contributed by atoms with Crippen LogP contribution >= 0.6 is 11.3 Å². The Morgan fingerprint density at radius 1 is 1.14 bits per heavy atom. The van der Waals surface area contributed by atoms with E-state index in [1.807, 2.05) is 0 Å². The Balaban J connectivity index is 1.89. The van der Waals surface area contributed by atoms with E-state index in [1.54, 1.807) is 11.3 Å². The number of hydrogen-bond donors (Lipinski definition) is 1. The van der Waals surface area contributed by atoms with Crippen LogP contribution in [0.5, 0.6) is 0 Å². The van der Waals surface area contributed by atoms with Crippen LogP contribution in [-0.2, 0) is 6.42 Å². The fraction of sp³-hybridized carbons (Fsp3) is 0.278. The van der Waals surface area contributed by atoms with Gasteiger partial charge in [-0.25, -0.2) is 4.68 Å². The maximum atomic E-state index is 4.94. The van der Waals surface area contributed by atoms with E-state index in [1.165, 1.54) is 34.7 Å². The van der Waals surface area contributed by atoms with Crippen molar-refractivity contribution in [3.63, 3.8) is 0 Å². The second-order valence-corrected chi connectivity index (χ2v) is 6.73. The molecule has 2 aromatic heterocycles. The molecule has 22 heavy (non-hydrogen) atoms. The van der Waals surface area contributed by atoms with Crippen LogP contribution in [0.4, 0.5) is 5.82 Å². The Bertz CT molecular complexity index is 770. The van der Waals surface area contributed by atoms with E-state index in [-0.39, 0.29) is 0 Å². The highest BCUT2D eigenvalue weighted by atomic mass is 32.1. The van der Waals surface area contributed by atoms with Crippen molar-refractivity contribution in [1.82, 2.24) is 9.78 Å². The molecule has 0 amide bonds. The predicted molar refractivity (Wildman–Crippen MR) is 93.0 cm³/mol. The molecule has 0 saturated heterocycles. The van der Waals surface area contributed by atoms with Crippen LogP contribution in [0.15, 0.2) is 41.8 Å². The molecule has 0 fully saturated rings. The van der Waals surface area contributed by atoms with Gasteiger partial charge in [0.1, 0.15) is 11.5 Å². The second-order valence-electron chi connectivity index (χ2n) is 5.78. The topological polar surface area (TPSA) is 29.9 Å². The largest absolute Gasteiger partial charge is 0.370 e. The predicted octanol–water partition coefficient (Wildman–Crippen LogP) is 4.66. The summed E-state index contributed by atoms with van der Waals surface area (Å²) < 4.78 is 2.08. The lowest BCUT2D eigenvalue weighted by molar-refractivity contribution is 0.780. The summed E-state index contributed by atoms with van der Waals surface area (Å²) >= 11 is 1.76. The molecule has 3 aromatic rings. The number of aromatic nitrogens is 2. The maximum Gasteiger partial charge on any atom is 0.133 e. The van der Waals surface area contributed by atoms with E-state index >= 15 is 0 Å². The van der Waals surface area contributed by atoms with Crippen molar-refractivity contribution in [3.8, 4) is 16.3 Å². The zero-order valence-corrected chi connectivity index (χ0v) is 13.5. The Hall–Kier alpha value is -2.07. The van der Waals surface area contributed by atoms with Crippen molar-refractivity contribution in [2.45, 2.75) is 26.2 Å². The molecule has 0 atom stereocenters. The van der Waals surface area contributed by atoms with Gasteiger partial charge in [0.05, 0.1) is 10.6 Å². The second kappa shape index (κ2) is 5.61. The van der Waals surface area contributed by atoms with Gasteiger partial charge in [0.15, 0.2) is 0 Å². The summed E-state index contributed by atoms with van der Waals surface area (Å²) in [5.74, 6) is 1.17. The third-order valence-electron chi connectivity index (χ3n) is 4.16. The number of nitrogens with one attached hydrogen (secondary N) is 1. The molecule has 0 aliphatic carbocycles. The average Bonchev–Trinajstić information content (AvgIpc) is 3.10. The van der Waals surface area contributed by atoms with Crippen molar-refractivity contribution < 1.29 is 0 Å². The highest BCUT2D eigenvalue weighted by Gasteiger charge is 2.21. The molecule has 3 heterocycles. The molecule has 112 valence electrons. The SMILES string of the molecule is Cc1ccc(-n2nc(-c3cccs3)c3c2NCCCC3)cc1. The molecule has 1 aliphatic rings. The fourth-order valence-electron chi connectivity index (χ4n) is 2.99. The highest BCUT2D eigenvalue weighted by molar-refractivity contribution is 7.13. The minimum absolute atomic E-state index is 1.02. The number of nitrogens with zero attached hydrogens (tertiary/aromatic N) is 2. The van der Waals surface area contributed by atoms with Gasteiger partial charge in [0.2, 0.25) is 0 Å². The first kappa shape index (κ1) is 13.6. The maximum absolute atomic E-state index is 4.94. The van der Waals surface area contributed by atoms with Gasteiger partial charge < -0.3 is 5.32 Å². The molecular formula is C18H19N3S. The smallest absolute Gasteiger partial charge is 0.133 e. The number of aryl methyl sites for hydroxylation is 1. The number of rotatable bonds is 2. The molecule has 0 bridgehead atoms. The van der Waals surface area contributed by atoms with Crippen molar-refractivity contribution in [2.24, 2.45) is 0 Å². The van der Waals surface area contributed by atoms with Crippen LogP contribution < -0.4 is 5.32 Å². The lowest BCUT2D eigenvalue weighted by Crippen LogP contribution is -2.07. The standard InChI is InChI=1S/C18H19N3S/c1-13-7-9-14(10-8-13)21-18-15(5-2-3-11-19-18)17(20-21)16-6-4-12-22-16/h4,6-10,12,19H,2-3,5,11H2,1H3. The van der Waals surface area contributed by atoms with Gasteiger partial charge in [0, 0.05) is 12.1 Å². The van der Waals surface area contributed by atoms with Crippen molar-refractivity contribution in [1.29, 1.82) is 0 Å². The Morgan fingerprint density at radius 3 is 2.77 bits per heavy atom. The summed E-state index contributed by atoms with van der Waals surface area (Å²) in [5, 5.41) is 10.7. The summed E-state index contributed by atoms with van der Waals surface area (Å²) in [6.45, 7) is 3.14. The van der Waals surface area contributed by atoms with Crippen molar-refractivity contribution in [3.05, 3.63) is 52.9 Å². The van der Waals surface area contributed by atoms with Crippen LogP contribution in [0.3, 0.4) is 0 Å². The monoisotopic (exact) mass is 309 g/mol. The third kappa shape index (κ3) is 2.33. The van der Waals surface area contributed by atoms with E-state index in [9.17, 15) is 0 Å². The van der Waals surface area contributed by atoms with Crippen LogP contribution in [0, 0.1) is 6.92 Å². The first-order valence-corrected chi connectivity index (χ1v) is 8.67. The van der Waals surface area contributed by atoms with Crippen LogP contribution in [0.25, 0.3) is 16.3 Å². The first-order chi connectivity index (χ1) is 10.8. The van der Waals surface area contributed by atoms with Gasteiger partial charge in [-0.3, -0.25) is 0 Å². The van der Waals surface area contributed by atoms with Crippen molar-refractivity contribution in [2.75, 3.05) is 11.9 Å². The molecule has 1 aromatic carbocycles. The highest BCUT2D eigenvalue weighted by Crippen LogP contribution is 2.35. The molecule has 0 unspecified atom stereocenters. The third-order valence-corrected chi connectivity index (χ3v) is 5.04. The van der Waals surface area contributed by atoms with E-state index in [0.29, 0.717) is 0 Å². The molecule has 0 saturated carbocycles. The molecule has 4 rings (SSSR count). The van der Waals surface area contributed by atoms with Gasteiger partial charge in [-0.1, -0.05) is 23.8 Å². The van der Waals surface area contributed by atoms with Crippen molar-refractivity contribution >= 4 is 17.2 Å². The van der Waals surface area contributed by atoms with Gasteiger partial charge in [-0.15, -0.1) is 11.3 Å². The quantitative estimate of drug-likeness (QED) is 0.746. The van der Waals surface area contributed by atoms with E-state index in [2.05, 4.69) is 58.7 Å². The number of fused-ring (bicyclic) bond motifs is 1. The van der Waals surface area contributed by atoms with Gasteiger partial charge in [-0.2, -0.15) is 5.10 Å². The van der Waals surface area contributed by atoms with E-state index in [4.69, 9.17) is 5.10 Å². The molecular weight excluding hydrogens is 290 g/mol. The number of hydrogen-bond acceptors (Lipinski definition) is 3. The summed E-state index contributed by atoms with van der Waals surface area (Å²) in [5.41, 5.74) is 4.90. The molecule has 1 aliphatic heterocycles. The number of anilines is 1. The van der Waals surface area contributed by atoms with E-state index in [0.717, 1.165) is 24.3 Å². The normalized spacial score (nSPS) is 14.2. The van der Waals surface area contributed by atoms with Gasteiger partial charge in [-0.05, 0) is 49.8 Å². The average molecular weight is 309 g/mol. The Morgan fingerprint density at radius 2 is 2.00 bits per heavy atom. The molecule has 0 spiro atoms. The summed E-state index contributed by atoms with van der Waals surface area (Å²) in [6, 6.07) is 12.8. The van der Waals surface area contributed by atoms with E-state index < -0.39 is 0 Å². The Labute approximate surface area is 134 Å². The molecule has 0 radical (unpaired) electrons. The summed E-state index contributed by atoms with van der Waals surface area (Å²) in [6.07, 6.45) is 3.53. The van der Waals surface area contributed by atoms with Gasteiger partial charge in [0.25, 0.3) is 0 Å². The van der Waals surface area contributed by atoms with Gasteiger partial charge >= 0.3 is 0 Å². The first-order valence-electron chi connectivity index (χ1n) is 7.79. The van der Waals surface area contributed by atoms with Crippen LogP contribution in [0.2, 0.25) is 0 Å². The molecule has 4 heteroatoms. The number of benzene rings is 1. The zero-order valence-electron chi connectivity index (χ0n) is 12.7. The number of thiophene rings is 1. The lowest BCUT2D eigenvalue weighted by Gasteiger charge is -2.09. The molecule has 1 N–H and O–H groups in total.